The Morgan fingerprint density at radius 2 is 1.81 bits per heavy atom. The number of carbonyl (C=O) groups is 2. The molecule has 0 unspecified atom stereocenters. The van der Waals surface area contributed by atoms with E-state index in [-0.39, 0.29) is 12.5 Å². The number of esters is 1. The van der Waals surface area contributed by atoms with Crippen LogP contribution in [0.1, 0.15) is 27.6 Å². The van der Waals surface area contributed by atoms with E-state index in [1.54, 1.807) is 25.1 Å². The summed E-state index contributed by atoms with van der Waals surface area (Å²) in [5.41, 5.74) is 1.15. The van der Waals surface area contributed by atoms with Crippen molar-refractivity contribution < 1.29 is 18.7 Å². The maximum atomic E-state index is 12.8. The SMILES string of the molecule is CCOC(=O)c1cccc(NC(=O)c2ccc(F)cc2)c1. The number of anilines is 1. The van der Waals surface area contributed by atoms with Gasteiger partial charge in [-0.3, -0.25) is 4.79 Å². The third-order valence-corrected chi connectivity index (χ3v) is 2.74. The summed E-state index contributed by atoms with van der Waals surface area (Å²) in [6.07, 6.45) is 0. The van der Waals surface area contributed by atoms with Crippen LogP contribution in [0, 0.1) is 5.82 Å². The van der Waals surface area contributed by atoms with Gasteiger partial charge in [-0.15, -0.1) is 0 Å². The summed E-state index contributed by atoms with van der Waals surface area (Å²) >= 11 is 0. The van der Waals surface area contributed by atoms with E-state index in [1.165, 1.54) is 30.3 Å². The highest BCUT2D eigenvalue weighted by molar-refractivity contribution is 6.04. The predicted molar refractivity (Wildman–Crippen MR) is 76.8 cm³/mol. The third-order valence-electron chi connectivity index (χ3n) is 2.74. The first-order valence-electron chi connectivity index (χ1n) is 6.44. The van der Waals surface area contributed by atoms with Crippen LogP contribution in [-0.2, 0) is 4.74 Å². The maximum absolute atomic E-state index is 12.8. The van der Waals surface area contributed by atoms with Crippen LogP contribution >= 0.6 is 0 Å². The molecule has 0 aromatic heterocycles. The van der Waals surface area contributed by atoms with Crippen LogP contribution in [0.5, 0.6) is 0 Å². The molecule has 0 spiro atoms. The predicted octanol–water partition coefficient (Wildman–Crippen LogP) is 3.25. The minimum Gasteiger partial charge on any atom is -0.462 e. The summed E-state index contributed by atoms with van der Waals surface area (Å²) in [5.74, 6) is -1.23. The Hall–Kier alpha value is -2.69. The van der Waals surface area contributed by atoms with E-state index < -0.39 is 11.8 Å². The molecule has 0 fully saturated rings. The molecule has 0 saturated carbocycles. The van der Waals surface area contributed by atoms with Crippen LogP contribution in [0.2, 0.25) is 0 Å². The number of nitrogens with one attached hydrogen (secondary N) is 1. The molecule has 0 aliphatic heterocycles. The number of rotatable bonds is 4. The van der Waals surface area contributed by atoms with Crippen molar-refractivity contribution in [3.63, 3.8) is 0 Å². The number of ether oxygens (including phenoxy) is 1. The van der Waals surface area contributed by atoms with Gasteiger partial charge in [0, 0.05) is 11.3 Å². The molecular formula is C16H14FNO3. The van der Waals surface area contributed by atoms with Crippen molar-refractivity contribution in [3.05, 3.63) is 65.5 Å². The molecule has 2 rings (SSSR count). The van der Waals surface area contributed by atoms with Crippen LogP contribution < -0.4 is 5.32 Å². The largest absolute Gasteiger partial charge is 0.462 e. The standard InChI is InChI=1S/C16H14FNO3/c1-2-21-16(20)12-4-3-5-14(10-12)18-15(19)11-6-8-13(17)9-7-11/h3-10H,2H2,1H3,(H,18,19). The molecule has 108 valence electrons. The van der Waals surface area contributed by atoms with Gasteiger partial charge in [-0.25, -0.2) is 9.18 Å². The van der Waals surface area contributed by atoms with E-state index in [4.69, 9.17) is 4.74 Å². The fraction of sp³-hybridized carbons (Fsp3) is 0.125. The van der Waals surface area contributed by atoms with Crippen molar-refractivity contribution in [2.24, 2.45) is 0 Å². The lowest BCUT2D eigenvalue weighted by Crippen LogP contribution is -2.12. The molecule has 0 saturated heterocycles. The molecule has 0 bridgehead atoms. The van der Waals surface area contributed by atoms with E-state index in [9.17, 15) is 14.0 Å². The van der Waals surface area contributed by atoms with Gasteiger partial charge in [-0.1, -0.05) is 6.07 Å². The molecule has 0 atom stereocenters. The number of hydrogen-bond acceptors (Lipinski definition) is 3. The van der Waals surface area contributed by atoms with E-state index in [1.807, 2.05) is 0 Å². The van der Waals surface area contributed by atoms with Crippen molar-refractivity contribution >= 4 is 17.6 Å². The van der Waals surface area contributed by atoms with Crippen molar-refractivity contribution in [1.29, 1.82) is 0 Å². The van der Waals surface area contributed by atoms with Gasteiger partial charge < -0.3 is 10.1 Å². The molecule has 0 heterocycles. The van der Waals surface area contributed by atoms with E-state index in [0.717, 1.165) is 0 Å². The normalized spacial score (nSPS) is 10.0. The van der Waals surface area contributed by atoms with Gasteiger partial charge in [0.05, 0.1) is 12.2 Å². The second kappa shape index (κ2) is 6.65. The highest BCUT2D eigenvalue weighted by atomic mass is 19.1. The summed E-state index contributed by atoms with van der Waals surface area (Å²) in [5, 5.41) is 2.65. The Morgan fingerprint density at radius 1 is 1.10 bits per heavy atom. The summed E-state index contributed by atoms with van der Waals surface area (Å²) < 4.78 is 17.7. The van der Waals surface area contributed by atoms with Gasteiger partial charge in [-0.05, 0) is 49.4 Å². The minimum absolute atomic E-state index is 0.283. The lowest BCUT2D eigenvalue weighted by atomic mass is 10.1. The smallest absolute Gasteiger partial charge is 0.338 e. The summed E-state index contributed by atoms with van der Waals surface area (Å²) in [4.78, 5) is 23.6. The summed E-state index contributed by atoms with van der Waals surface area (Å²) in [6, 6.07) is 11.6. The van der Waals surface area contributed by atoms with Gasteiger partial charge in [-0.2, -0.15) is 0 Å². The molecule has 4 nitrogen and oxygen atoms in total. The van der Waals surface area contributed by atoms with Crippen molar-refractivity contribution in [2.45, 2.75) is 6.92 Å². The Bertz CT molecular complexity index is 653. The summed E-state index contributed by atoms with van der Waals surface area (Å²) in [6.45, 7) is 2.00. The first-order valence-corrected chi connectivity index (χ1v) is 6.44. The molecule has 21 heavy (non-hydrogen) atoms. The molecule has 1 N–H and O–H groups in total. The molecule has 0 radical (unpaired) electrons. The molecule has 1 amide bonds. The Morgan fingerprint density at radius 3 is 2.48 bits per heavy atom. The lowest BCUT2D eigenvalue weighted by Gasteiger charge is -2.07. The number of carbonyl (C=O) groups excluding carboxylic acids is 2. The van der Waals surface area contributed by atoms with Crippen molar-refractivity contribution in [1.82, 2.24) is 0 Å². The monoisotopic (exact) mass is 287 g/mol. The highest BCUT2D eigenvalue weighted by Crippen LogP contribution is 2.13. The molecule has 2 aromatic carbocycles. The minimum atomic E-state index is -0.449. The van der Waals surface area contributed by atoms with Crippen LogP contribution in [0.3, 0.4) is 0 Å². The Kier molecular flexibility index (Phi) is 4.66. The van der Waals surface area contributed by atoms with Crippen LogP contribution in [0.4, 0.5) is 10.1 Å². The van der Waals surface area contributed by atoms with Gasteiger partial charge in [0.1, 0.15) is 5.82 Å². The number of halogens is 1. The number of hydrogen-bond donors (Lipinski definition) is 1. The molecule has 0 aliphatic rings. The van der Waals surface area contributed by atoms with Crippen molar-refractivity contribution in [2.75, 3.05) is 11.9 Å². The van der Waals surface area contributed by atoms with Crippen LogP contribution in [-0.4, -0.2) is 18.5 Å². The zero-order chi connectivity index (χ0) is 15.2. The lowest BCUT2D eigenvalue weighted by molar-refractivity contribution is 0.0526. The highest BCUT2D eigenvalue weighted by Gasteiger charge is 2.09. The van der Waals surface area contributed by atoms with Gasteiger partial charge in [0.25, 0.3) is 5.91 Å². The second-order valence-corrected chi connectivity index (χ2v) is 4.26. The zero-order valence-corrected chi connectivity index (χ0v) is 11.4. The van der Waals surface area contributed by atoms with Crippen molar-refractivity contribution in [3.8, 4) is 0 Å². The topological polar surface area (TPSA) is 55.4 Å². The second-order valence-electron chi connectivity index (χ2n) is 4.26. The fourth-order valence-corrected chi connectivity index (χ4v) is 1.74. The third kappa shape index (κ3) is 3.89. The Labute approximate surface area is 121 Å². The van der Waals surface area contributed by atoms with Gasteiger partial charge >= 0.3 is 5.97 Å². The summed E-state index contributed by atoms with van der Waals surface area (Å²) in [7, 11) is 0. The number of amides is 1. The van der Waals surface area contributed by atoms with E-state index >= 15 is 0 Å². The molecule has 2 aromatic rings. The first-order chi connectivity index (χ1) is 10.1. The molecular weight excluding hydrogens is 273 g/mol. The molecule has 5 heteroatoms. The fourth-order valence-electron chi connectivity index (χ4n) is 1.74. The maximum Gasteiger partial charge on any atom is 0.338 e. The van der Waals surface area contributed by atoms with Crippen LogP contribution in [0.15, 0.2) is 48.5 Å². The Balaban J connectivity index is 2.12. The van der Waals surface area contributed by atoms with E-state index in [2.05, 4.69) is 5.32 Å². The average molecular weight is 287 g/mol. The van der Waals surface area contributed by atoms with E-state index in [0.29, 0.717) is 16.8 Å². The molecule has 0 aliphatic carbocycles. The number of benzene rings is 2. The average Bonchev–Trinajstić information content (AvgIpc) is 2.48. The first kappa shape index (κ1) is 14.7. The van der Waals surface area contributed by atoms with Gasteiger partial charge in [0.2, 0.25) is 0 Å². The quantitative estimate of drug-likeness (QED) is 0.878. The zero-order valence-electron chi connectivity index (χ0n) is 11.4. The van der Waals surface area contributed by atoms with Crippen LogP contribution in [0.25, 0.3) is 0 Å². The van der Waals surface area contributed by atoms with Gasteiger partial charge in [0.15, 0.2) is 0 Å².